The summed E-state index contributed by atoms with van der Waals surface area (Å²) in [6, 6.07) is 0. The average Bonchev–Trinajstić information content (AvgIpc) is 3.14. The molecule has 29 heavy (non-hydrogen) atoms. The molecule has 2 aromatic rings. The fraction of sp³-hybridized carbons (Fsp3) is 0.714. The summed E-state index contributed by atoms with van der Waals surface area (Å²) in [7, 11) is 0. The summed E-state index contributed by atoms with van der Waals surface area (Å²) >= 11 is 1.63. The summed E-state index contributed by atoms with van der Waals surface area (Å²) < 4.78 is 1.87. The second-order valence-electron chi connectivity index (χ2n) is 7.71. The van der Waals surface area contributed by atoms with Gasteiger partial charge in [0, 0.05) is 19.5 Å². The zero-order valence-corrected chi connectivity index (χ0v) is 18.6. The Balaban J connectivity index is 1.56. The normalized spacial score (nSPS) is 15.0. The highest BCUT2D eigenvalue weighted by Crippen LogP contribution is 2.27. The monoisotopic (exact) mass is 418 g/mol. The molecule has 1 amide bonds. The number of aromatic nitrogens is 4. The van der Waals surface area contributed by atoms with Crippen molar-refractivity contribution in [3.8, 4) is 0 Å². The molecule has 2 aromatic heterocycles. The van der Waals surface area contributed by atoms with Crippen LogP contribution in [0.4, 0.5) is 5.82 Å². The Kier molecular flexibility index (Phi) is 8.58. The van der Waals surface area contributed by atoms with Gasteiger partial charge in [-0.2, -0.15) is 5.10 Å². The van der Waals surface area contributed by atoms with Crippen molar-refractivity contribution in [2.24, 2.45) is 5.92 Å². The number of anilines is 1. The lowest BCUT2D eigenvalue weighted by Crippen LogP contribution is -2.28. The van der Waals surface area contributed by atoms with Crippen molar-refractivity contribution in [1.29, 1.82) is 0 Å². The maximum atomic E-state index is 12.2. The summed E-state index contributed by atoms with van der Waals surface area (Å²) in [6.07, 6.45) is 11.1. The van der Waals surface area contributed by atoms with Gasteiger partial charge in [0.15, 0.2) is 10.8 Å². The molecule has 2 heterocycles. The van der Waals surface area contributed by atoms with E-state index in [1.165, 1.54) is 32.1 Å². The van der Waals surface area contributed by atoms with Crippen LogP contribution in [0.3, 0.4) is 0 Å². The molecule has 1 saturated carbocycles. The van der Waals surface area contributed by atoms with E-state index in [-0.39, 0.29) is 5.91 Å². The van der Waals surface area contributed by atoms with Gasteiger partial charge in [0.05, 0.1) is 18.1 Å². The van der Waals surface area contributed by atoms with E-state index in [0.717, 1.165) is 53.1 Å². The van der Waals surface area contributed by atoms with E-state index in [1.807, 2.05) is 10.9 Å². The van der Waals surface area contributed by atoms with Gasteiger partial charge in [-0.25, -0.2) is 14.6 Å². The van der Waals surface area contributed by atoms with Crippen molar-refractivity contribution in [3.05, 3.63) is 6.20 Å². The molecule has 0 saturated heterocycles. The van der Waals surface area contributed by atoms with Crippen LogP contribution in [-0.4, -0.2) is 44.5 Å². The fourth-order valence-electron chi connectivity index (χ4n) is 3.87. The third-order valence-corrected chi connectivity index (χ3v) is 6.17. The molecule has 0 bridgehead atoms. The van der Waals surface area contributed by atoms with Gasteiger partial charge in [0.25, 0.3) is 0 Å². The molecule has 8 heteroatoms. The maximum absolute atomic E-state index is 12.2. The Morgan fingerprint density at radius 3 is 2.79 bits per heavy atom. The van der Waals surface area contributed by atoms with Gasteiger partial charge in [-0.05, 0) is 24.5 Å². The minimum atomic E-state index is 0.147. The molecule has 1 aliphatic carbocycles. The van der Waals surface area contributed by atoms with E-state index >= 15 is 0 Å². The van der Waals surface area contributed by atoms with Crippen LogP contribution in [0.15, 0.2) is 11.4 Å². The SMILES string of the molecule is CCCNc1nc(SCC)nc2c1cnn2CCNC(=O)CCC1CCCCC1. The van der Waals surface area contributed by atoms with Crippen LogP contribution in [0.5, 0.6) is 0 Å². The van der Waals surface area contributed by atoms with Gasteiger partial charge in [-0.1, -0.05) is 57.7 Å². The molecule has 1 aliphatic rings. The minimum Gasteiger partial charge on any atom is -0.369 e. The third kappa shape index (κ3) is 6.32. The Hall–Kier alpha value is -1.83. The molecule has 0 spiro atoms. The number of thioether (sulfide) groups is 1. The Morgan fingerprint density at radius 1 is 1.21 bits per heavy atom. The van der Waals surface area contributed by atoms with E-state index in [9.17, 15) is 4.79 Å². The molecule has 3 rings (SSSR count). The van der Waals surface area contributed by atoms with E-state index in [0.29, 0.717) is 19.5 Å². The van der Waals surface area contributed by atoms with E-state index in [4.69, 9.17) is 0 Å². The van der Waals surface area contributed by atoms with Crippen LogP contribution in [0, 0.1) is 5.92 Å². The van der Waals surface area contributed by atoms with Crippen molar-refractivity contribution in [3.63, 3.8) is 0 Å². The van der Waals surface area contributed by atoms with Crippen molar-refractivity contribution in [2.75, 3.05) is 24.2 Å². The van der Waals surface area contributed by atoms with Crippen LogP contribution in [0.2, 0.25) is 0 Å². The number of carbonyl (C=O) groups excluding carboxylic acids is 1. The molecule has 0 aromatic carbocycles. The van der Waals surface area contributed by atoms with E-state index in [2.05, 4.69) is 39.5 Å². The zero-order valence-electron chi connectivity index (χ0n) is 17.7. The molecule has 2 N–H and O–H groups in total. The first kappa shape index (κ1) is 21.9. The van der Waals surface area contributed by atoms with Crippen LogP contribution in [-0.2, 0) is 11.3 Å². The summed E-state index contributed by atoms with van der Waals surface area (Å²) in [5.41, 5.74) is 0.825. The maximum Gasteiger partial charge on any atom is 0.220 e. The molecular formula is C21H34N6OS. The second kappa shape index (κ2) is 11.4. The van der Waals surface area contributed by atoms with Crippen LogP contribution >= 0.6 is 11.8 Å². The number of nitrogens with one attached hydrogen (secondary N) is 2. The molecule has 1 fully saturated rings. The van der Waals surface area contributed by atoms with Crippen molar-refractivity contribution >= 4 is 34.5 Å². The van der Waals surface area contributed by atoms with Gasteiger partial charge >= 0.3 is 0 Å². The van der Waals surface area contributed by atoms with Crippen LogP contribution in [0.1, 0.15) is 65.2 Å². The highest BCUT2D eigenvalue weighted by atomic mass is 32.2. The first-order chi connectivity index (χ1) is 14.2. The van der Waals surface area contributed by atoms with Crippen LogP contribution < -0.4 is 10.6 Å². The van der Waals surface area contributed by atoms with Crippen molar-refractivity contribution < 1.29 is 4.79 Å². The number of hydrogen-bond donors (Lipinski definition) is 2. The Labute approximate surface area is 177 Å². The lowest BCUT2D eigenvalue weighted by molar-refractivity contribution is -0.121. The number of rotatable bonds is 11. The number of fused-ring (bicyclic) bond motifs is 1. The predicted molar refractivity (Wildman–Crippen MR) is 119 cm³/mol. The summed E-state index contributed by atoms with van der Waals surface area (Å²) in [5.74, 6) is 2.65. The molecular weight excluding hydrogens is 384 g/mol. The Morgan fingerprint density at radius 2 is 2.03 bits per heavy atom. The number of nitrogens with zero attached hydrogens (tertiary/aromatic N) is 4. The summed E-state index contributed by atoms with van der Waals surface area (Å²) in [6.45, 7) is 6.27. The first-order valence-corrected chi connectivity index (χ1v) is 12.1. The summed E-state index contributed by atoms with van der Waals surface area (Å²) in [4.78, 5) is 21.5. The van der Waals surface area contributed by atoms with Gasteiger partial charge in [-0.3, -0.25) is 4.79 Å². The van der Waals surface area contributed by atoms with Crippen LogP contribution in [0.25, 0.3) is 11.0 Å². The first-order valence-electron chi connectivity index (χ1n) is 11.1. The van der Waals surface area contributed by atoms with E-state index < -0.39 is 0 Å². The lowest BCUT2D eigenvalue weighted by Gasteiger charge is -2.20. The molecule has 0 unspecified atom stereocenters. The largest absolute Gasteiger partial charge is 0.369 e. The average molecular weight is 419 g/mol. The lowest BCUT2D eigenvalue weighted by atomic mass is 9.86. The molecule has 0 atom stereocenters. The highest BCUT2D eigenvalue weighted by molar-refractivity contribution is 7.99. The van der Waals surface area contributed by atoms with Gasteiger partial charge < -0.3 is 10.6 Å². The quantitative estimate of drug-likeness (QED) is 0.419. The second-order valence-corrected chi connectivity index (χ2v) is 8.94. The Bertz CT molecular complexity index is 787. The standard InChI is InChI=1S/C21H34N6OS/c1-3-12-23-19-17-15-24-27(20(17)26-21(25-19)29-4-2)14-13-22-18(28)11-10-16-8-6-5-7-9-16/h15-16H,3-14H2,1-2H3,(H,22,28)(H,23,25,26). The molecule has 160 valence electrons. The fourth-order valence-corrected chi connectivity index (χ4v) is 4.44. The summed E-state index contributed by atoms with van der Waals surface area (Å²) in [5, 5.41) is 12.6. The minimum absolute atomic E-state index is 0.147. The third-order valence-electron chi connectivity index (χ3n) is 5.44. The van der Waals surface area contributed by atoms with Gasteiger partial charge in [-0.15, -0.1) is 0 Å². The number of carbonyl (C=O) groups is 1. The van der Waals surface area contributed by atoms with Gasteiger partial charge in [0.2, 0.25) is 5.91 Å². The van der Waals surface area contributed by atoms with E-state index in [1.54, 1.807) is 11.8 Å². The topological polar surface area (TPSA) is 84.7 Å². The number of amides is 1. The smallest absolute Gasteiger partial charge is 0.220 e. The molecule has 0 aliphatic heterocycles. The van der Waals surface area contributed by atoms with Crippen molar-refractivity contribution in [2.45, 2.75) is 76.9 Å². The van der Waals surface area contributed by atoms with Gasteiger partial charge in [0.1, 0.15) is 5.82 Å². The number of hydrogen-bond acceptors (Lipinski definition) is 6. The predicted octanol–water partition coefficient (Wildman–Crippen LogP) is 4.24. The zero-order chi connectivity index (χ0) is 20.5. The van der Waals surface area contributed by atoms with Crippen molar-refractivity contribution in [1.82, 2.24) is 25.1 Å². The molecule has 0 radical (unpaired) electrons. The molecule has 7 nitrogen and oxygen atoms in total. The highest BCUT2D eigenvalue weighted by Gasteiger charge is 2.15.